The second-order valence-electron chi connectivity index (χ2n) is 6.44. The van der Waals surface area contributed by atoms with Crippen LogP contribution < -0.4 is 9.62 Å². The first kappa shape index (κ1) is 20.6. The highest BCUT2D eigenvalue weighted by Gasteiger charge is 2.24. The zero-order valence-corrected chi connectivity index (χ0v) is 17.0. The van der Waals surface area contributed by atoms with Crippen LogP contribution in [0, 0.1) is 0 Å². The third kappa shape index (κ3) is 5.03. The van der Waals surface area contributed by atoms with Crippen LogP contribution in [0.15, 0.2) is 78.2 Å². The number of nitrogens with one attached hydrogen (secondary N) is 1. The Morgan fingerprint density at radius 1 is 1.14 bits per heavy atom. The molecule has 0 aliphatic rings. The first-order valence-electron chi connectivity index (χ1n) is 9.44. The molecule has 0 spiro atoms. The second kappa shape index (κ2) is 9.38. The molecule has 0 fully saturated rings. The number of carbonyl (C=O) groups excluding carboxylic acids is 1. The quantitative estimate of drug-likeness (QED) is 0.548. The standard InChI is InChI=1S/C21H24N4O3S/c1-2-25(19-9-4-3-5-10-19)29(27,28)20-11-6-8-18(16-20)21(26)23-12-7-14-24-15-13-22-17-24/h3-6,8-11,13,15-17H,2,7,12,14H2,1H3,(H,23,26). The highest BCUT2D eigenvalue weighted by atomic mass is 32.2. The van der Waals surface area contributed by atoms with Crippen LogP contribution in [0.2, 0.25) is 0 Å². The zero-order valence-electron chi connectivity index (χ0n) is 16.2. The number of aromatic nitrogens is 2. The number of aryl methyl sites for hydroxylation is 1. The summed E-state index contributed by atoms with van der Waals surface area (Å²) in [5, 5.41) is 2.83. The van der Waals surface area contributed by atoms with Crippen molar-refractivity contribution in [2.45, 2.75) is 24.8 Å². The van der Waals surface area contributed by atoms with Crippen molar-refractivity contribution >= 4 is 21.6 Å². The normalized spacial score (nSPS) is 11.2. The SMILES string of the molecule is CCN(c1ccccc1)S(=O)(=O)c1cccc(C(=O)NCCCn2ccnc2)c1. The number of sulfonamides is 1. The van der Waals surface area contributed by atoms with Crippen LogP contribution in [-0.4, -0.2) is 37.0 Å². The van der Waals surface area contributed by atoms with Crippen LogP contribution in [0.25, 0.3) is 0 Å². The van der Waals surface area contributed by atoms with Gasteiger partial charge in [0.2, 0.25) is 0 Å². The average molecular weight is 413 g/mol. The fraction of sp³-hybridized carbons (Fsp3) is 0.238. The van der Waals surface area contributed by atoms with Crippen molar-refractivity contribution in [3.8, 4) is 0 Å². The summed E-state index contributed by atoms with van der Waals surface area (Å²) in [6.07, 6.45) is 6.04. The van der Waals surface area contributed by atoms with Crippen LogP contribution in [0.1, 0.15) is 23.7 Å². The van der Waals surface area contributed by atoms with Gasteiger partial charge in [-0.3, -0.25) is 9.10 Å². The monoisotopic (exact) mass is 412 g/mol. The minimum absolute atomic E-state index is 0.0919. The third-order valence-corrected chi connectivity index (χ3v) is 6.35. The molecule has 7 nitrogen and oxygen atoms in total. The number of hydrogen-bond acceptors (Lipinski definition) is 4. The van der Waals surface area contributed by atoms with Crippen LogP contribution >= 0.6 is 0 Å². The van der Waals surface area contributed by atoms with E-state index >= 15 is 0 Å². The molecule has 0 bridgehead atoms. The number of nitrogens with zero attached hydrogens (tertiary/aromatic N) is 3. The van der Waals surface area contributed by atoms with Gasteiger partial charge >= 0.3 is 0 Å². The van der Waals surface area contributed by atoms with Gasteiger partial charge in [0.15, 0.2) is 0 Å². The fourth-order valence-corrected chi connectivity index (χ4v) is 4.52. The third-order valence-electron chi connectivity index (χ3n) is 4.45. The molecule has 0 aliphatic heterocycles. The predicted molar refractivity (Wildman–Crippen MR) is 112 cm³/mol. The van der Waals surface area contributed by atoms with E-state index in [0.717, 1.165) is 13.0 Å². The van der Waals surface area contributed by atoms with E-state index in [-0.39, 0.29) is 17.3 Å². The van der Waals surface area contributed by atoms with E-state index in [1.165, 1.54) is 16.4 Å². The lowest BCUT2D eigenvalue weighted by Gasteiger charge is -2.23. The van der Waals surface area contributed by atoms with Crippen molar-refractivity contribution < 1.29 is 13.2 Å². The highest BCUT2D eigenvalue weighted by molar-refractivity contribution is 7.92. The highest BCUT2D eigenvalue weighted by Crippen LogP contribution is 2.23. The summed E-state index contributed by atoms with van der Waals surface area (Å²) in [5.74, 6) is -0.296. The van der Waals surface area contributed by atoms with Crippen molar-refractivity contribution in [1.29, 1.82) is 0 Å². The molecule has 0 unspecified atom stereocenters. The molecule has 1 heterocycles. The van der Waals surface area contributed by atoms with E-state index in [1.807, 2.05) is 16.8 Å². The fourth-order valence-electron chi connectivity index (χ4n) is 3.00. The number of imidazole rings is 1. The average Bonchev–Trinajstić information content (AvgIpc) is 3.26. The maximum Gasteiger partial charge on any atom is 0.264 e. The van der Waals surface area contributed by atoms with Crippen LogP contribution in [0.4, 0.5) is 5.69 Å². The van der Waals surface area contributed by atoms with E-state index in [1.54, 1.807) is 55.8 Å². The maximum absolute atomic E-state index is 13.1. The molecule has 2 aromatic carbocycles. The summed E-state index contributed by atoms with van der Waals surface area (Å²) in [4.78, 5) is 16.5. The van der Waals surface area contributed by atoms with Gasteiger partial charge in [-0.05, 0) is 43.7 Å². The molecule has 0 aliphatic carbocycles. The number of rotatable bonds is 9. The molecule has 0 saturated heterocycles. The Hall–Kier alpha value is -3.13. The van der Waals surface area contributed by atoms with Crippen LogP contribution in [-0.2, 0) is 16.6 Å². The molecule has 0 saturated carbocycles. The summed E-state index contributed by atoms with van der Waals surface area (Å²) in [6.45, 7) is 3.30. The first-order chi connectivity index (χ1) is 14.0. The molecular formula is C21H24N4O3S. The molecule has 1 N–H and O–H groups in total. The number of anilines is 1. The van der Waals surface area contributed by atoms with Gasteiger partial charge in [0, 0.05) is 37.6 Å². The summed E-state index contributed by atoms with van der Waals surface area (Å²) in [5.41, 5.74) is 0.905. The molecule has 0 atom stereocenters. The summed E-state index contributed by atoms with van der Waals surface area (Å²) in [6, 6.07) is 15.1. The van der Waals surface area contributed by atoms with Gasteiger partial charge in [-0.2, -0.15) is 0 Å². The van der Waals surface area contributed by atoms with Gasteiger partial charge in [0.05, 0.1) is 16.9 Å². The topological polar surface area (TPSA) is 84.3 Å². The van der Waals surface area contributed by atoms with Crippen molar-refractivity contribution in [1.82, 2.24) is 14.9 Å². The summed E-state index contributed by atoms with van der Waals surface area (Å²) >= 11 is 0. The Kier molecular flexibility index (Phi) is 6.66. The Morgan fingerprint density at radius 2 is 1.93 bits per heavy atom. The van der Waals surface area contributed by atoms with Gasteiger partial charge in [-0.1, -0.05) is 24.3 Å². The zero-order chi connectivity index (χ0) is 20.7. The number of carbonyl (C=O) groups is 1. The maximum atomic E-state index is 13.1. The summed E-state index contributed by atoms with van der Waals surface area (Å²) in [7, 11) is -3.77. The van der Waals surface area contributed by atoms with Gasteiger partial charge in [0.1, 0.15) is 0 Å². The van der Waals surface area contributed by atoms with Crippen molar-refractivity contribution in [3.63, 3.8) is 0 Å². The van der Waals surface area contributed by atoms with E-state index in [4.69, 9.17) is 0 Å². The van der Waals surface area contributed by atoms with Crippen LogP contribution in [0.5, 0.6) is 0 Å². The molecule has 152 valence electrons. The Morgan fingerprint density at radius 3 is 2.62 bits per heavy atom. The number of benzene rings is 2. The number of amides is 1. The molecule has 8 heteroatoms. The van der Waals surface area contributed by atoms with E-state index in [9.17, 15) is 13.2 Å². The molecule has 29 heavy (non-hydrogen) atoms. The molecule has 3 rings (SSSR count). The lowest BCUT2D eigenvalue weighted by molar-refractivity contribution is 0.0952. The van der Waals surface area contributed by atoms with E-state index < -0.39 is 10.0 Å². The first-order valence-corrected chi connectivity index (χ1v) is 10.9. The second-order valence-corrected chi connectivity index (χ2v) is 8.31. The van der Waals surface area contributed by atoms with Gasteiger partial charge in [0.25, 0.3) is 15.9 Å². The smallest absolute Gasteiger partial charge is 0.264 e. The molecule has 3 aromatic rings. The van der Waals surface area contributed by atoms with Crippen LogP contribution in [0.3, 0.4) is 0 Å². The lowest BCUT2D eigenvalue weighted by Crippen LogP contribution is -2.31. The largest absolute Gasteiger partial charge is 0.352 e. The van der Waals surface area contributed by atoms with Gasteiger partial charge < -0.3 is 9.88 Å². The summed E-state index contributed by atoms with van der Waals surface area (Å²) < 4.78 is 29.5. The molecule has 1 amide bonds. The molecule has 0 radical (unpaired) electrons. The lowest BCUT2D eigenvalue weighted by atomic mass is 10.2. The van der Waals surface area contributed by atoms with E-state index in [0.29, 0.717) is 17.8 Å². The number of hydrogen-bond donors (Lipinski definition) is 1. The Labute approximate surface area is 171 Å². The van der Waals surface area contributed by atoms with Crippen molar-refractivity contribution in [2.75, 3.05) is 17.4 Å². The van der Waals surface area contributed by atoms with Crippen molar-refractivity contribution in [2.24, 2.45) is 0 Å². The van der Waals surface area contributed by atoms with Gasteiger partial charge in [-0.15, -0.1) is 0 Å². The van der Waals surface area contributed by atoms with Gasteiger partial charge in [-0.25, -0.2) is 13.4 Å². The Balaban J connectivity index is 1.69. The molecule has 1 aromatic heterocycles. The van der Waals surface area contributed by atoms with Crippen molar-refractivity contribution in [3.05, 3.63) is 78.9 Å². The molecular weight excluding hydrogens is 388 g/mol. The number of para-hydroxylation sites is 1. The minimum atomic E-state index is -3.77. The van der Waals surface area contributed by atoms with E-state index in [2.05, 4.69) is 10.3 Å². The minimum Gasteiger partial charge on any atom is -0.352 e. The Bertz CT molecular complexity index is 1030. The predicted octanol–water partition coefficient (Wildman–Crippen LogP) is 2.92.